The Morgan fingerprint density at radius 1 is 1.04 bits per heavy atom. The van der Waals surface area contributed by atoms with Gasteiger partial charge in [-0.25, -0.2) is 4.79 Å². The molecular formula is C20H14O7S. The number of rotatable bonds is 3. The average Bonchev–Trinajstić information content (AvgIpc) is 2.91. The van der Waals surface area contributed by atoms with Crippen LogP contribution in [0.3, 0.4) is 0 Å². The maximum absolute atomic E-state index is 12.8. The highest BCUT2D eigenvalue weighted by molar-refractivity contribution is 7.86. The zero-order valence-electron chi connectivity index (χ0n) is 14.9. The number of ketones is 1. The van der Waals surface area contributed by atoms with E-state index in [-0.39, 0.29) is 22.7 Å². The second-order valence-electron chi connectivity index (χ2n) is 6.36. The molecule has 1 aromatic heterocycles. The quantitative estimate of drug-likeness (QED) is 0.380. The zero-order chi connectivity index (χ0) is 20.1. The molecule has 0 fully saturated rings. The summed E-state index contributed by atoms with van der Waals surface area (Å²) in [5.74, 6) is 0.152. The molecule has 0 saturated carbocycles. The number of hydrogen-bond donors (Lipinski definition) is 0. The predicted molar refractivity (Wildman–Crippen MR) is 102 cm³/mol. The molecule has 0 radical (unpaired) electrons. The minimum Gasteiger partial charge on any atom is -0.452 e. The minimum atomic E-state index is -3.62. The largest absolute Gasteiger partial charge is 0.452 e. The molecule has 2 heterocycles. The highest BCUT2D eigenvalue weighted by atomic mass is 32.2. The first kappa shape index (κ1) is 18.0. The number of fused-ring (bicyclic) bond motifs is 3. The number of ether oxygens (including phenoxy) is 1. The van der Waals surface area contributed by atoms with Crippen molar-refractivity contribution < 1.29 is 26.5 Å². The van der Waals surface area contributed by atoms with Crippen molar-refractivity contribution in [3.8, 4) is 11.5 Å². The third-order valence-electron chi connectivity index (χ3n) is 4.18. The molecule has 2 aromatic carbocycles. The van der Waals surface area contributed by atoms with Crippen LogP contribution in [0.15, 0.2) is 57.4 Å². The molecule has 4 rings (SSSR count). The van der Waals surface area contributed by atoms with Crippen LogP contribution < -0.4 is 14.5 Å². The van der Waals surface area contributed by atoms with E-state index in [9.17, 15) is 18.0 Å². The summed E-state index contributed by atoms with van der Waals surface area (Å²) in [5, 5.41) is 0.666. The molecule has 1 aliphatic rings. The Bertz CT molecular complexity index is 1310. The zero-order valence-corrected chi connectivity index (χ0v) is 15.7. The third kappa shape index (κ3) is 3.29. The molecule has 142 valence electrons. The number of hydrogen-bond acceptors (Lipinski definition) is 7. The first-order chi connectivity index (χ1) is 13.2. The Balaban J connectivity index is 1.72. The Hall–Kier alpha value is -3.39. The van der Waals surface area contributed by atoms with Crippen LogP contribution in [0, 0.1) is 6.92 Å². The van der Waals surface area contributed by atoms with Crippen molar-refractivity contribution >= 4 is 32.9 Å². The fraction of sp³-hybridized carbons (Fsp3) is 0.100. The highest BCUT2D eigenvalue weighted by Crippen LogP contribution is 2.37. The standard InChI is InChI=1S/C20H14O7S/c1-11-9-17(21)26-20-14(11)7-8-15-18(20)19(22)16(25-15)10-12-3-5-13(6-4-12)27-28(2,23)24/h3-10H,1-2H3/b16-10-. The summed E-state index contributed by atoms with van der Waals surface area (Å²) in [5.41, 5.74) is 1.19. The number of Topliss-reactive ketones (excluding diaryl/α,β-unsaturated/α-hetero) is 1. The van der Waals surface area contributed by atoms with Crippen molar-refractivity contribution in [2.45, 2.75) is 6.92 Å². The summed E-state index contributed by atoms with van der Waals surface area (Å²) in [6, 6.07) is 10.9. The summed E-state index contributed by atoms with van der Waals surface area (Å²) in [7, 11) is -3.62. The number of aryl methyl sites for hydroxylation is 1. The average molecular weight is 398 g/mol. The van der Waals surface area contributed by atoms with Crippen LogP contribution in [-0.4, -0.2) is 20.5 Å². The van der Waals surface area contributed by atoms with Crippen molar-refractivity contribution in [2.75, 3.05) is 6.26 Å². The van der Waals surface area contributed by atoms with Gasteiger partial charge in [-0.3, -0.25) is 4.79 Å². The van der Waals surface area contributed by atoms with Gasteiger partial charge in [0.25, 0.3) is 0 Å². The van der Waals surface area contributed by atoms with Crippen LogP contribution >= 0.6 is 0 Å². The van der Waals surface area contributed by atoms with Gasteiger partial charge in [-0.2, -0.15) is 8.42 Å². The van der Waals surface area contributed by atoms with E-state index >= 15 is 0 Å². The molecule has 0 spiro atoms. The summed E-state index contributed by atoms with van der Waals surface area (Å²) in [4.78, 5) is 24.6. The van der Waals surface area contributed by atoms with Gasteiger partial charge in [-0.1, -0.05) is 12.1 Å². The second kappa shape index (κ2) is 6.35. The Morgan fingerprint density at radius 3 is 2.43 bits per heavy atom. The normalized spacial score (nSPS) is 14.9. The van der Waals surface area contributed by atoms with Gasteiger partial charge in [0.1, 0.15) is 17.1 Å². The van der Waals surface area contributed by atoms with E-state index < -0.39 is 21.5 Å². The number of carbonyl (C=O) groups excluding carboxylic acids is 1. The lowest BCUT2D eigenvalue weighted by molar-refractivity contribution is 0.101. The van der Waals surface area contributed by atoms with Crippen LogP contribution in [0.25, 0.3) is 17.0 Å². The SMILES string of the molecule is Cc1cc(=O)oc2c3c(ccc12)O/C(=C\c1ccc(OS(C)(=O)=O)cc1)C3=O. The summed E-state index contributed by atoms with van der Waals surface area (Å²) in [6.07, 6.45) is 2.47. The number of carbonyl (C=O) groups is 1. The Labute approximate surface area is 159 Å². The summed E-state index contributed by atoms with van der Waals surface area (Å²) in [6.45, 7) is 1.77. The van der Waals surface area contributed by atoms with Gasteiger partial charge >= 0.3 is 15.7 Å². The first-order valence-electron chi connectivity index (χ1n) is 8.22. The molecule has 0 amide bonds. The maximum atomic E-state index is 12.8. The maximum Gasteiger partial charge on any atom is 0.336 e. The topological polar surface area (TPSA) is 99.9 Å². The van der Waals surface area contributed by atoms with Crippen molar-refractivity contribution in [3.05, 3.63) is 75.3 Å². The van der Waals surface area contributed by atoms with Crippen LogP contribution in [0.2, 0.25) is 0 Å². The van der Waals surface area contributed by atoms with Gasteiger partial charge in [-0.05, 0) is 48.4 Å². The van der Waals surface area contributed by atoms with Crippen molar-refractivity contribution in [1.29, 1.82) is 0 Å². The fourth-order valence-electron chi connectivity index (χ4n) is 2.99. The van der Waals surface area contributed by atoms with Gasteiger partial charge in [0.2, 0.25) is 5.78 Å². The van der Waals surface area contributed by atoms with Gasteiger partial charge < -0.3 is 13.3 Å². The van der Waals surface area contributed by atoms with E-state index in [2.05, 4.69) is 0 Å². The molecule has 1 aliphatic heterocycles. The molecule has 28 heavy (non-hydrogen) atoms. The van der Waals surface area contributed by atoms with E-state index in [0.717, 1.165) is 6.26 Å². The molecule has 0 atom stereocenters. The smallest absolute Gasteiger partial charge is 0.336 e. The molecule has 0 unspecified atom stereocenters. The van der Waals surface area contributed by atoms with Crippen molar-refractivity contribution in [3.63, 3.8) is 0 Å². The van der Waals surface area contributed by atoms with Gasteiger partial charge in [0, 0.05) is 11.5 Å². The van der Waals surface area contributed by atoms with E-state index in [1.54, 1.807) is 31.2 Å². The Morgan fingerprint density at radius 2 is 1.75 bits per heavy atom. The van der Waals surface area contributed by atoms with Gasteiger partial charge in [0.05, 0.1) is 6.26 Å². The molecule has 3 aromatic rings. The monoisotopic (exact) mass is 398 g/mol. The third-order valence-corrected chi connectivity index (χ3v) is 4.67. The van der Waals surface area contributed by atoms with Crippen molar-refractivity contribution in [1.82, 2.24) is 0 Å². The lowest BCUT2D eigenvalue weighted by Crippen LogP contribution is -2.05. The number of benzene rings is 2. The Kier molecular flexibility index (Phi) is 4.08. The summed E-state index contributed by atoms with van der Waals surface area (Å²) >= 11 is 0. The van der Waals surface area contributed by atoms with Gasteiger partial charge in [-0.15, -0.1) is 0 Å². The molecule has 7 nitrogen and oxygen atoms in total. The molecule has 8 heteroatoms. The van der Waals surface area contributed by atoms with Crippen LogP contribution in [-0.2, 0) is 10.1 Å². The molecule has 0 aliphatic carbocycles. The second-order valence-corrected chi connectivity index (χ2v) is 7.94. The van der Waals surface area contributed by atoms with E-state index in [1.807, 2.05) is 0 Å². The summed E-state index contributed by atoms with van der Waals surface area (Å²) < 4.78 is 38.0. The lowest BCUT2D eigenvalue weighted by atomic mass is 10.0. The van der Waals surface area contributed by atoms with E-state index in [0.29, 0.717) is 22.3 Å². The molecular weight excluding hydrogens is 384 g/mol. The van der Waals surface area contributed by atoms with Crippen LogP contribution in [0.4, 0.5) is 0 Å². The minimum absolute atomic E-state index is 0.0726. The predicted octanol–water partition coefficient (Wildman–Crippen LogP) is 3.06. The van der Waals surface area contributed by atoms with Gasteiger partial charge in [0.15, 0.2) is 11.3 Å². The lowest BCUT2D eigenvalue weighted by Gasteiger charge is -2.03. The molecule has 0 N–H and O–H groups in total. The van der Waals surface area contributed by atoms with E-state index in [1.165, 1.54) is 24.3 Å². The fourth-order valence-corrected chi connectivity index (χ4v) is 3.46. The number of allylic oxidation sites excluding steroid dienone is 1. The molecule has 0 saturated heterocycles. The first-order valence-corrected chi connectivity index (χ1v) is 10.0. The molecule has 0 bridgehead atoms. The van der Waals surface area contributed by atoms with Crippen LogP contribution in [0.5, 0.6) is 11.5 Å². The van der Waals surface area contributed by atoms with Crippen LogP contribution in [0.1, 0.15) is 21.5 Å². The highest BCUT2D eigenvalue weighted by Gasteiger charge is 2.31. The van der Waals surface area contributed by atoms with E-state index in [4.69, 9.17) is 13.3 Å². The van der Waals surface area contributed by atoms with Crippen molar-refractivity contribution in [2.24, 2.45) is 0 Å².